The van der Waals surface area contributed by atoms with Crippen molar-refractivity contribution in [2.75, 3.05) is 16.8 Å². The fourth-order valence-corrected chi connectivity index (χ4v) is 2.93. The van der Waals surface area contributed by atoms with Gasteiger partial charge in [0.2, 0.25) is 5.91 Å². The maximum absolute atomic E-state index is 12.8. The molecular weight excluding hydrogens is 372 g/mol. The van der Waals surface area contributed by atoms with Crippen LogP contribution in [0.2, 0.25) is 0 Å². The summed E-state index contributed by atoms with van der Waals surface area (Å²) in [5.41, 5.74) is 2.41. The van der Waals surface area contributed by atoms with E-state index in [9.17, 15) is 14.4 Å². The van der Waals surface area contributed by atoms with Crippen molar-refractivity contribution < 1.29 is 23.9 Å². The molecule has 0 aliphatic carbocycles. The standard InChI is InChI=1S/C22H24N2O5/c1-14(2)28-13-16-8-10-17(11-9-16)22(27)29-15(3)21(26)24-12-20(25)23-18-6-4-5-7-19(18)24/h4-11,14-15H,12-13H2,1-3H3,(H,23,25)/t15-/m1/s1. The van der Waals surface area contributed by atoms with Crippen LogP contribution in [-0.2, 0) is 25.7 Å². The van der Waals surface area contributed by atoms with E-state index >= 15 is 0 Å². The fraction of sp³-hybridized carbons (Fsp3) is 0.318. The van der Waals surface area contributed by atoms with Crippen LogP contribution in [0.25, 0.3) is 0 Å². The van der Waals surface area contributed by atoms with Gasteiger partial charge in [-0.05, 0) is 50.6 Å². The molecule has 1 aliphatic heterocycles. The third kappa shape index (κ3) is 5.00. The van der Waals surface area contributed by atoms with Crippen LogP contribution in [0.3, 0.4) is 0 Å². The zero-order chi connectivity index (χ0) is 21.0. The molecule has 0 saturated heterocycles. The Kier molecular flexibility index (Phi) is 6.29. The van der Waals surface area contributed by atoms with Crippen molar-refractivity contribution >= 4 is 29.2 Å². The molecule has 0 spiro atoms. The second-order valence-electron chi connectivity index (χ2n) is 7.09. The van der Waals surface area contributed by atoms with Crippen LogP contribution in [0.5, 0.6) is 0 Å². The van der Waals surface area contributed by atoms with Crippen molar-refractivity contribution in [3.05, 3.63) is 59.7 Å². The second-order valence-corrected chi connectivity index (χ2v) is 7.09. The Balaban J connectivity index is 1.65. The van der Waals surface area contributed by atoms with Crippen LogP contribution < -0.4 is 10.2 Å². The number of nitrogens with one attached hydrogen (secondary N) is 1. The highest BCUT2D eigenvalue weighted by Crippen LogP contribution is 2.29. The van der Waals surface area contributed by atoms with Gasteiger partial charge in [0.15, 0.2) is 6.10 Å². The van der Waals surface area contributed by atoms with Crippen LogP contribution in [0.1, 0.15) is 36.7 Å². The monoisotopic (exact) mass is 396 g/mol. The smallest absolute Gasteiger partial charge is 0.338 e. The Morgan fingerprint density at radius 1 is 1.07 bits per heavy atom. The molecule has 0 radical (unpaired) electrons. The zero-order valence-corrected chi connectivity index (χ0v) is 16.7. The minimum absolute atomic E-state index is 0.119. The van der Waals surface area contributed by atoms with E-state index in [4.69, 9.17) is 9.47 Å². The summed E-state index contributed by atoms with van der Waals surface area (Å²) in [7, 11) is 0. The van der Waals surface area contributed by atoms with E-state index in [1.165, 1.54) is 11.8 Å². The lowest BCUT2D eigenvalue weighted by molar-refractivity contribution is -0.128. The van der Waals surface area contributed by atoms with Gasteiger partial charge in [-0.15, -0.1) is 0 Å². The minimum Gasteiger partial charge on any atom is -0.449 e. The van der Waals surface area contributed by atoms with Crippen molar-refractivity contribution in [3.8, 4) is 0 Å². The molecule has 0 unspecified atom stereocenters. The van der Waals surface area contributed by atoms with Gasteiger partial charge < -0.3 is 14.8 Å². The van der Waals surface area contributed by atoms with Crippen molar-refractivity contribution in [2.45, 2.75) is 39.6 Å². The van der Waals surface area contributed by atoms with Crippen molar-refractivity contribution in [2.24, 2.45) is 0 Å². The van der Waals surface area contributed by atoms with E-state index in [1.54, 1.807) is 48.5 Å². The van der Waals surface area contributed by atoms with Crippen molar-refractivity contribution in [3.63, 3.8) is 0 Å². The number of para-hydroxylation sites is 2. The molecule has 152 valence electrons. The van der Waals surface area contributed by atoms with Crippen LogP contribution in [0.4, 0.5) is 11.4 Å². The first-order chi connectivity index (χ1) is 13.8. The number of anilines is 2. The SMILES string of the molecule is CC(C)OCc1ccc(C(=O)O[C@H](C)C(=O)N2CC(=O)Nc3ccccc32)cc1. The Labute approximate surface area is 169 Å². The summed E-state index contributed by atoms with van der Waals surface area (Å²) >= 11 is 0. The molecule has 0 aromatic heterocycles. The quantitative estimate of drug-likeness (QED) is 0.759. The highest BCUT2D eigenvalue weighted by atomic mass is 16.5. The van der Waals surface area contributed by atoms with Crippen LogP contribution >= 0.6 is 0 Å². The first-order valence-corrected chi connectivity index (χ1v) is 9.47. The average Bonchev–Trinajstić information content (AvgIpc) is 2.71. The number of hydrogen-bond acceptors (Lipinski definition) is 5. The number of esters is 1. The highest BCUT2D eigenvalue weighted by molar-refractivity contribution is 6.11. The molecule has 2 aromatic carbocycles. The van der Waals surface area contributed by atoms with Gasteiger partial charge in [0, 0.05) is 0 Å². The van der Waals surface area contributed by atoms with E-state index in [2.05, 4.69) is 5.32 Å². The summed E-state index contributed by atoms with van der Waals surface area (Å²) in [6.45, 7) is 5.74. The van der Waals surface area contributed by atoms with E-state index in [0.717, 1.165) is 5.56 Å². The van der Waals surface area contributed by atoms with E-state index in [0.29, 0.717) is 23.5 Å². The van der Waals surface area contributed by atoms with Gasteiger partial charge in [-0.25, -0.2) is 4.79 Å². The summed E-state index contributed by atoms with van der Waals surface area (Å²) in [6.07, 6.45) is -0.918. The Morgan fingerprint density at radius 3 is 2.45 bits per heavy atom. The molecule has 1 N–H and O–H groups in total. The molecule has 0 bridgehead atoms. The predicted molar refractivity (Wildman–Crippen MR) is 109 cm³/mol. The molecule has 1 aliphatic rings. The minimum atomic E-state index is -1.04. The third-order valence-electron chi connectivity index (χ3n) is 4.44. The van der Waals surface area contributed by atoms with Crippen LogP contribution in [-0.4, -0.2) is 36.5 Å². The number of fused-ring (bicyclic) bond motifs is 1. The number of carbonyl (C=O) groups is 3. The Bertz CT molecular complexity index is 908. The second kappa shape index (κ2) is 8.87. The maximum atomic E-state index is 12.8. The lowest BCUT2D eigenvalue weighted by atomic mass is 10.1. The van der Waals surface area contributed by atoms with Crippen LogP contribution in [0.15, 0.2) is 48.5 Å². The molecular formula is C22H24N2O5. The summed E-state index contributed by atoms with van der Waals surface area (Å²) < 4.78 is 10.9. The first kappa shape index (κ1) is 20.5. The molecule has 1 atom stereocenters. The molecule has 0 saturated carbocycles. The third-order valence-corrected chi connectivity index (χ3v) is 4.44. The average molecular weight is 396 g/mol. The normalized spacial score (nSPS) is 14.2. The first-order valence-electron chi connectivity index (χ1n) is 9.47. The summed E-state index contributed by atoms with van der Waals surface area (Å²) in [6, 6.07) is 13.9. The number of rotatable bonds is 6. The highest BCUT2D eigenvalue weighted by Gasteiger charge is 2.31. The van der Waals surface area contributed by atoms with E-state index in [-0.39, 0.29) is 18.6 Å². The topological polar surface area (TPSA) is 84.9 Å². The van der Waals surface area contributed by atoms with Gasteiger partial charge in [0.25, 0.3) is 5.91 Å². The van der Waals surface area contributed by atoms with Gasteiger partial charge in [0.1, 0.15) is 6.54 Å². The maximum Gasteiger partial charge on any atom is 0.338 e. The van der Waals surface area contributed by atoms with Crippen molar-refractivity contribution in [1.29, 1.82) is 0 Å². The van der Waals surface area contributed by atoms with Crippen molar-refractivity contribution in [1.82, 2.24) is 0 Å². The van der Waals surface area contributed by atoms with E-state index in [1.807, 2.05) is 13.8 Å². The van der Waals surface area contributed by atoms with Gasteiger partial charge in [-0.2, -0.15) is 0 Å². The fourth-order valence-electron chi connectivity index (χ4n) is 2.93. The predicted octanol–water partition coefficient (Wildman–Crippen LogP) is 3.14. The number of ether oxygens (including phenoxy) is 2. The summed E-state index contributed by atoms with van der Waals surface area (Å²) in [5, 5.41) is 2.72. The lowest BCUT2D eigenvalue weighted by Crippen LogP contribution is -2.47. The molecule has 2 aromatic rings. The van der Waals surface area contributed by atoms with Crippen LogP contribution in [0, 0.1) is 0 Å². The van der Waals surface area contributed by atoms with Gasteiger partial charge >= 0.3 is 5.97 Å². The largest absolute Gasteiger partial charge is 0.449 e. The van der Waals surface area contributed by atoms with E-state index < -0.39 is 18.0 Å². The number of benzene rings is 2. The van der Waals surface area contributed by atoms with Gasteiger partial charge in [-0.3, -0.25) is 14.5 Å². The molecule has 29 heavy (non-hydrogen) atoms. The number of carbonyl (C=O) groups excluding carboxylic acids is 3. The molecule has 3 rings (SSSR count). The van der Waals surface area contributed by atoms with Gasteiger partial charge in [-0.1, -0.05) is 24.3 Å². The Hall–Kier alpha value is -3.19. The Morgan fingerprint density at radius 2 is 1.76 bits per heavy atom. The zero-order valence-electron chi connectivity index (χ0n) is 16.7. The van der Waals surface area contributed by atoms with Gasteiger partial charge in [0.05, 0.1) is 29.6 Å². The number of nitrogens with zero attached hydrogens (tertiary/aromatic N) is 1. The molecule has 0 fully saturated rings. The lowest BCUT2D eigenvalue weighted by Gasteiger charge is -2.30. The molecule has 7 heteroatoms. The number of hydrogen-bond donors (Lipinski definition) is 1. The summed E-state index contributed by atoms with van der Waals surface area (Å²) in [4.78, 5) is 38.5. The molecule has 1 heterocycles. The molecule has 2 amide bonds. The number of amides is 2. The summed E-state index contributed by atoms with van der Waals surface area (Å²) in [5.74, 6) is -1.35. The molecule has 7 nitrogen and oxygen atoms in total.